The zero-order valence-corrected chi connectivity index (χ0v) is 15.8. The first-order chi connectivity index (χ1) is 13.5. The van der Waals surface area contributed by atoms with Crippen LogP contribution in [0, 0.1) is 11.6 Å². The third-order valence-corrected chi connectivity index (χ3v) is 5.17. The van der Waals surface area contributed by atoms with Gasteiger partial charge in [0.2, 0.25) is 5.91 Å². The van der Waals surface area contributed by atoms with Crippen molar-refractivity contribution in [1.29, 1.82) is 0 Å². The summed E-state index contributed by atoms with van der Waals surface area (Å²) in [6.45, 7) is 0. The van der Waals surface area contributed by atoms with Gasteiger partial charge in [0.1, 0.15) is 23.1 Å². The molecule has 0 bridgehead atoms. The summed E-state index contributed by atoms with van der Waals surface area (Å²) in [5.74, 6) is -1.52. The van der Waals surface area contributed by atoms with Crippen LogP contribution in [-0.4, -0.2) is 13.0 Å². The molecule has 28 heavy (non-hydrogen) atoms. The van der Waals surface area contributed by atoms with Crippen molar-refractivity contribution in [2.45, 2.75) is 12.8 Å². The van der Waals surface area contributed by atoms with Crippen molar-refractivity contribution in [3.8, 4) is 16.9 Å². The van der Waals surface area contributed by atoms with Gasteiger partial charge in [-0.15, -0.1) is 0 Å². The van der Waals surface area contributed by atoms with Crippen molar-refractivity contribution in [1.82, 2.24) is 0 Å². The van der Waals surface area contributed by atoms with Gasteiger partial charge in [-0.2, -0.15) is 0 Å². The Labute approximate surface area is 166 Å². The maximum Gasteiger partial charge on any atom is 0.232 e. The summed E-state index contributed by atoms with van der Waals surface area (Å²) in [5.41, 5.74) is 2.34. The van der Waals surface area contributed by atoms with Gasteiger partial charge in [-0.3, -0.25) is 9.69 Å². The molecule has 0 aliphatic carbocycles. The number of amides is 1. The average molecular weight is 400 g/mol. The van der Waals surface area contributed by atoms with Crippen LogP contribution in [0.15, 0.2) is 54.6 Å². The van der Waals surface area contributed by atoms with Crippen LogP contribution in [0.3, 0.4) is 0 Å². The van der Waals surface area contributed by atoms with Crippen molar-refractivity contribution in [2.24, 2.45) is 0 Å². The van der Waals surface area contributed by atoms with Gasteiger partial charge in [0, 0.05) is 23.1 Å². The maximum atomic E-state index is 14.5. The van der Waals surface area contributed by atoms with E-state index in [1.807, 2.05) is 24.3 Å². The van der Waals surface area contributed by atoms with E-state index in [4.69, 9.17) is 16.3 Å². The van der Waals surface area contributed by atoms with Gasteiger partial charge in [-0.25, -0.2) is 8.78 Å². The predicted octanol–water partition coefficient (Wildman–Crippen LogP) is 5.90. The Morgan fingerprint density at radius 3 is 2.36 bits per heavy atom. The lowest BCUT2D eigenvalue weighted by molar-refractivity contribution is -0.118. The minimum Gasteiger partial charge on any atom is -0.497 e. The van der Waals surface area contributed by atoms with Gasteiger partial charge in [0.05, 0.1) is 12.8 Å². The summed E-state index contributed by atoms with van der Waals surface area (Å²) >= 11 is 6.39. The zero-order valence-electron chi connectivity index (χ0n) is 15.0. The smallest absolute Gasteiger partial charge is 0.232 e. The summed E-state index contributed by atoms with van der Waals surface area (Å²) in [6, 6.07) is 14.3. The number of benzene rings is 3. The molecule has 0 saturated heterocycles. The van der Waals surface area contributed by atoms with Gasteiger partial charge in [0.25, 0.3) is 0 Å². The highest BCUT2D eigenvalue weighted by atomic mass is 35.5. The Morgan fingerprint density at radius 2 is 1.68 bits per heavy atom. The molecule has 1 aliphatic rings. The van der Waals surface area contributed by atoms with Crippen LogP contribution in [0.4, 0.5) is 20.2 Å². The fourth-order valence-electron chi connectivity index (χ4n) is 3.56. The lowest BCUT2D eigenvalue weighted by Gasteiger charge is -2.32. The predicted molar refractivity (Wildman–Crippen MR) is 105 cm³/mol. The molecule has 0 radical (unpaired) electrons. The Kier molecular flexibility index (Phi) is 4.77. The molecule has 3 nitrogen and oxygen atoms in total. The van der Waals surface area contributed by atoms with Crippen molar-refractivity contribution < 1.29 is 18.3 Å². The Hall–Kier alpha value is -2.92. The van der Waals surface area contributed by atoms with Crippen LogP contribution in [-0.2, 0) is 11.2 Å². The largest absolute Gasteiger partial charge is 0.497 e. The monoisotopic (exact) mass is 399 g/mol. The van der Waals surface area contributed by atoms with Gasteiger partial charge in [-0.05, 0) is 41.8 Å². The first-order valence-corrected chi connectivity index (χ1v) is 9.12. The van der Waals surface area contributed by atoms with E-state index in [-0.39, 0.29) is 18.0 Å². The summed E-state index contributed by atoms with van der Waals surface area (Å²) in [5, 5.41) is 0.540. The first-order valence-electron chi connectivity index (χ1n) is 8.74. The van der Waals surface area contributed by atoms with Gasteiger partial charge in [0.15, 0.2) is 0 Å². The van der Waals surface area contributed by atoms with Gasteiger partial charge >= 0.3 is 0 Å². The first kappa shape index (κ1) is 18.4. The van der Waals surface area contributed by atoms with E-state index < -0.39 is 11.6 Å². The van der Waals surface area contributed by atoms with Crippen LogP contribution < -0.4 is 9.64 Å². The number of fused-ring (bicyclic) bond motifs is 1. The third-order valence-electron chi connectivity index (χ3n) is 4.84. The van der Waals surface area contributed by atoms with Gasteiger partial charge in [-0.1, -0.05) is 35.9 Å². The molecule has 0 fully saturated rings. The molecule has 0 spiro atoms. The molecule has 3 aromatic carbocycles. The summed E-state index contributed by atoms with van der Waals surface area (Å²) in [4.78, 5) is 13.8. The van der Waals surface area contributed by atoms with Crippen LogP contribution in [0.2, 0.25) is 5.02 Å². The SMILES string of the molecule is COc1cc(-c2ccccc2Cl)c2c(c1)N(c1c(F)cccc1F)C(=O)CC2. The quantitative estimate of drug-likeness (QED) is 0.548. The topological polar surface area (TPSA) is 29.5 Å². The van der Waals surface area contributed by atoms with Crippen LogP contribution in [0.5, 0.6) is 5.75 Å². The molecule has 4 rings (SSSR count). The Balaban J connectivity index is 2.01. The second-order valence-electron chi connectivity index (χ2n) is 6.45. The van der Waals surface area contributed by atoms with Crippen molar-refractivity contribution in [3.05, 3.63) is 76.8 Å². The Bertz CT molecular complexity index is 1060. The van der Waals surface area contributed by atoms with Crippen LogP contribution >= 0.6 is 11.6 Å². The molecule has 1 aliphatic heterocycles. The van der Waals surface area contributed by atoms with E-state index in [1.54, 1.807) is 12.1 Å². The molecule has 6 heteroatoms. The second kappa shape index (κ2) is 7.24. The number of ether oxygens (including phenoxy) is 1. The number of anilines is 2. The van der Waals surface area contributed by atoms with E-state index in [1.165, 1.54) is 13.2 Å². The van der Waals surface area contributed by atoms with Crippen molar-refractivity contribution >= 4 is 28.9 Å². The molecule has 1 heterocycles. The molecule has 142 valence electrons. The van der Waals surface area contributed by atoms with E-state index >= 15 is 0 Å². The van der Waals surface area contributed by atoms with Crippen molar-refractivity contribution in [2.75, 3.05) is 12.0 Å². The van der Waals surface area contributed by atoms with E-state index in [0.29, 0.717) is 22.9 Å². The summed E-state index contributed by atoms with van der Waals surface area (Å²) < 4.78 is 34.4. The van der Waals surface area contributed by atoms with Gasteiger partial charge < -0.3 is 4.74 Å². The molecule has 3 aromatic rings. The molecule has 0 unspecified atom stereocenters. The number of rotatable bonds is 3. The molecule has 0 N–H and O–H groups in total. The number of hydrogen-bond donors (Lipinski definition) is 0. The lowest BCUT2D eigenvalue weighted by Crippen LogP contribution is -2.32. The van der Waals surface area contributed by atoms with E-state index in [0.717, 1.165) is 33.7 Å². The summed E-state index contributed by atoms with van der Waals surface area (Å²) in [6.07, 6.45) is 0.565. The van der Waals surface area contributed by atoms with E-state index in [9.17, 15) is 13.6 Å². The maximum absolute atomic E-state index is 14.5. The number of halogens is 3. The molecular weight excluding hydrogens is 384 g/mol. The third kappa shape index (κ3) is 3.02. The molecule has 1 amide bonds. The number of methoxy groups -OCH3 is 1. The fraction of sp³-hybridized carbons (Fsp3) is 0.136. The highest BCUT2D eigenvalue weighted by Gasteiger charge is 2.32. The number of para-hydroxylation sites is 1. The second-order valence-corrected chi connectivity index (χ2v) is 6.86. The lowest BCUT2D eigenvalue weighted by atomic mass is 9.91. The highest BCUT2D eigenvalue weighted by molar-refractivity contribution is 6.33. The standard InChI is InChI=1S/C22H16ClF2NO2/c1-28-13-11-16(14-5-2-3-6-17(14)23)15-9-10-21(27)26(20(15)12-13)22-18(24)7-4-8-19(22)25/h2-8,11-12H,9-10H2,1H3. The minimum atomic E-state index is -0.802. The van der Waals surface area contributed by atoms with Crippen molar-refractivity contribution in [3.63, 3.8) is 0 Å². The summed E-state index contributed by atoms with van der Waals surface area (Å²) in [7, 11) is 1.50. The molecule has 0 atom stereocenters. The number of hydrogen-bond acceptors (Lipinski definition) is 2. The fourth-order valence-corrected chi connectivity index (χ4v) is 3.79. The molecule has 0 saturated carbocycles. The number of carbonyl (C=O) groups excluding carboxylic acids is 1. The number of nitrogens with zero attached hydrogens (tertiary/aromatic N) is 1. The normalized spacial score (nSPS) is 13.4. The van der Waals surface area contributed by atoms with E-state index in [2.05, 4.69) is 0 Å². The van der Waals surface area contributed by atoms with Crippen LogP contribution in [0.1, 0.15) is 12.0 Å². The highest BCUT2D eigenvalue weighted by Crippen LogP contribution is 2.44. The minimum absolute atomic E-state index is 0.130. The average Bonchev–Trinajstić information content (AvgIpc) is 2.69. The van der Waals surface area contributed by atoms with Crippen LogP contribution in [0.25, 0.3) is 11.1 Å². The number of carbonyl (C=O) groups is 1. The molecule has 0 aromatic heterocycles. The molecular formula is C22H16ClF2NO2. The zero-order chi connectivity index (χ0) is 19.8. The Morgan fingerprint density at radius 1 is 0.964 bits per heavy atom.